The summed E-state index contributed by atoms with van der Waals surface area (Å²) in [4.78, 5) is 4.10. The number of aromatic nitrogens is 1. The van der Waals surface area contributed by atoms with Crippen molar-refractivity contribution in [3.05, 3.63) is 77.9 Å². The molecular weight excluding hydrogens is 225 g/mol. The van der Waals surface area contributed by atoms with Gasteiger partial charge in [0.1, 0.15) is 5.82 Å². The Bertz CT molecular complexity index is 609. The Balaban J connectivity index is 1.89. The zero-order valence-electron chi connectivity index (χ0n) is 9.81. The number of hydrogen-bond donors (Lipinski definition) is 0. The van der Waals surface area contributed by atoms with Gasteiger partial charge in [0.15, 0.2) is 0 Å². The first-order chi connectivity index (χ1) is 8.83. The second-order valence-electron chi connectivity index (χ2n) is 4.26. The fraction of sp³-hybridized carbons (Fsp3) is 0.0625. The van der Waals surface area contributed by atoms with Crippen LogP contribution in [0.4, 0.5) is 4.39 Å². The van der Waals surface area contributed by atoms with Crippen molar-refractivity contribution >= 4 is 11.1 Å². The molecule has 0 radical (unpaired) electrons. The number of pyridine rings is 1. The van der Waals surface area contributed by atoms with Crippen LogP contribution >= 0.6 is 0 Å². The fourth-order valence-corrected chi connectivity index (χ4v) is 2.10. The minimum absolute atomic E-state index is 0.301. The molecule has 0 atom stereocenters. The molecule has 1 nitrogen and oxygen atoms in total. The summed E-state index contributed by atoms with van der Waals surface area (Å²) in [5.41, 5.74) is 4.39. The van der Waals surface area contributed by atoms with E-state index in [9.17, 15) is 4.39 Å². The van der Waals surface area contributed by atoms with Gasteiger partial charge in [-0.25, -0.2) is 4.39 Å². The van der Waals surface area contributed by atoms with E-state index >= 15 is 0 Å². The quantitative estimate of drug-likeness (QED) is 0.766. The third kappa shape index (κ3) is 2.09. The van der Waals surface area contributed by atoms with Crippen molar-refractivity contribution in [2.75, 3.05) is 0 Å². The van der Waals surface area contributed by atoms with E-state index in [1.807, 2.05) is 18.2 Å². The lowest BCUT2D eigenvalue weighted by Gasteiger charge is -2.00. The van der Waals surface area contributed by atoms with Crippen molar-refractivity contribution in [2.45, 2.75) is 6.42 Å². The summed E-state index contributed by atoms with van der Waals surface area (Å²) in [5.74, 6) is -0.301. The van der Waals surface area contributed by atoms with Gasteiger partial charge in [-0.3, -0.25) is 4.98 Å². The van der Waals surface area contributed by atoms with Gasteiger partial charge in [0, 0.05) is 0 Å². The van der Waals surface area contributed by atoms with Crippen LogP contribution in [-0.4, -0.2) is 4.98 Å². The molecule has 1 aliphatic rings. The van der Waals surface area contributed by atoms with Crippen molar-refractivity contribution in [3.63, 3.8) is 0 Å². The molecule has 1 aromatic carbocycles. The number of allylic oxidation sites excluding steroid dienone is 4. The molecule has 0 amide bonds. The van der Waals surface area contributed by atoms with Crippen LogP contribution in [0.5, 0.6) is 0 Å². The normalized spacial score (nSPS) is 14.3. The van der Waals surface area contributed by atoms with Gasteiger partial charge in [-0.2, -0.15) is 0 Å². The highest BCUT2D eigenvalue weighted by molar-refractivity contribution is 5.88. The van der Waals surface area contributed by atoms with Gasteiger partial charge in [-0.15, -0.1) is 0 Å². The maximum absolute atomic E-state index is 12.8. The third-order valence-electron chi connectivity index (χ3n) is 3.04. The lowest BCUT2D eigenvalue weighted by molar-refractivity contribution is 0.621. The monoisotopic (exact) mass is 237 g/mol. The summed E-state index contributed by atoms with van der Waals surface area (Å²) in [5, 5.41) is 0. The van der Waals surface area contributed by atoms with E-state index in [4.69, 9.17) is 0 Å². The topological polar surface area (TPSA) is 12.9 Å². The molecule has 0 N–H and O–H groups in total. The number of hydrogen-bond acceptors (Lipinski definition) is 1. The highest BCUT2D eigenvalue weighted by atomic mass is 19.1. The Labute approximate surface area is 105 Å². The molecule has 0 saturated carbocycles. The minimum Gasteiger partial charge on any atom is -0.253 e. The van der Waals surface area contributed by atoms with E-state index in [1.54, 1.807) is 6.07 Å². The average molecular weight is 237 g/mol. The molecular formula is C16H12FN. The first-order valence-corrected chi connectivity index (χ1v) is 5.91. The molecule has 2 heteroatoms. The van der Waals surface area contributed by atoms with Crippen molar-refractivity contribution in [1.29, 1.82) is 0 Å². The summed E-state index contributed by atoms with van der Waals surface area (Å²) in [6.45, 7) is 0. The number of halogens is 1. The summed E-state index contributed by atoms with van der Waals surface area (Å²) in [6, 6.07) is 13.4. The van der Waals surface area contributed by atoms with Crippen LogP contribution in [0.3, 0.4) is 0 Å². The van der Waals surface area contributed by atoms with Crippen LogP contribution in [-0.2, 0) is 0 Å². The van der Waals surface area contributed by atoms with Crippen LogP contribution in [0.2, 0.25) is 0 Å². The van der Waals surface area contributed by atoms with Gasteiger partial charge in [-0.05, 0) is 41.3 Å². The van der Waals surface area contributed by atoms with Gasteiger partial charge in [0.2, 0.25) is 0 Å². The Kier molecular flexibility index (Phi) is 2.77. The second kappa shape index (κ2) is 4.57. The maximum Gasteiger partial charge on any atom is 0.141 e. The van der Waals surface area contributed by atoms with Crippen molar-refractivity contribution in [1.82, 2.24) is 4.98 Å². The standard InChI is InChI=1S/C16H12FN/c17-15-8-9-16(18-11-15)14-7-6-13(10-14)12-4-2-1-3-5-12/h1-5,7-11H,6H2. The van der Waals surface area contributed by atoms with Crippen LogP contribution in [0, 0.1) is 5.82 Å². The van der Waals surface area contributed by atoms with Gasteiger partial charge in [0.05, 0.1) is 11.9 Å². The summed E-state index contributed by atoms with van der Waals surface area (Å²) < 4.78 is 12.8. The smallest absolute Gasteiger partial charge is 0.141 e. The molecule has 1 aliphatic carbocycles. The average Bonchev–Trinajstić information content (AvgIpc) is 2.90. The Morgan fingerprint density at radius 2 is 1.83 bits per heavy atom. The fourth-order valence-electron chi connectivity index (χ4n) is 2.10. The van der Waals surface area contributed by atoms with Gasteiger partial charge < -0.3 is 0 Å². The Morgan fingerprint density at radius 3 is 2.56 bits per heavy atom. The van der Waals surface area contributed by atoms with Crippen LogP contribution in [0.25, 0.3) is 11.1 Å². The zero-order chi connectivity index (χ0) is 12.4. The van der Waals surface area contributed by atoms with Crippen molar-refractivity contribution in [3.8, 4) is 0 Å². The molecule has 0 saturated heterocycles. The van der Waals surface area contributed by atoms with Gasteiger partial charge in [0.25, 0.3) is 0 Å². The number of rotatable bonds is 2. The summed E-state index contributed by atoms with van der Waals surface area (Å²) in [6.07, 6.45) is 6.40. The SMILES string of the molecule is Fc1ccc(C2=CCC(c3ccccc3)=C2)nc1. The van der Waals surface area contributed by atoms with E-state index in [-0.39, 0.29) is 5.82 Å². The molecule has 3 rings (SSSR count). The highest BCUT2D eigenvalue weighted by Gasteiger charge is 2.10. The maximum atomic E-state index is 12.8. The van der Waals surface area contributed by atoms with Crippen LogP contribution < -0.4 is 0 Å². The molecule has 1 aromatic heterocycles. The van der Waals surface area contributed by atoms with E-state index < -0.39 is 0 Å². The molecule has 0 fully saturated rings. The first-order valence-electron chi connectivity index (χ1n) is 5.91. The summed E-state index contributed by atoms with van der Waals surface area (Å²) >= 11 is 0. The van der Waals surface area contributed by atoms with E-state index in [0.29, 0.717) is 0 Å². The predicted octanol–water partition coefficient (Wildman–Crippen LogP) is 4.09. The lowest BCUT2D eigenvalue weighted by atomic mass is 10.1. The third-order valence-corrected chi connectivity index (χ3v) is 3.04. The summed E-state index contributed by atoms with van der Waals surface area (Å²) in [7, 11) is 0. The minimum atomic E-state index is -0.301. The van der Waals surface area contributed by atoms with E-state index in [2.05, 4.69) is 29.3 Å². The first kappa shape index (κ1) is 10.9. The van der Waals surface area contributed by atoms with Crippen LogP contribution in [0.15, 0.2) is 60.8 Å². The van der Waals surface area contributed by atoms with E-state index in [0.717, 1.165) is 17.7 Å². The number of nitrogens with zero attached hydrogens (tertiary/aromatic N) is 1. The molecule has 0 bridgehead atoms. The molecule has 88 valence electrons. The van der Waals surface area contributed by atoms with Crippen molar-refractivity contribution < 1.29 is 4.39 Å². The van der Waals surface area contributed by atoms with Crippen molar-refractivity contribution in [2.24, 2.45) is 0 Å². The molecule has 0 unspecified atom stereocenters. The largest absolute Gasteiger partial charge is 0.253 e. The van der Waals surface area contributed by atoms with Crippen LogP contribution in [0.1, 0.15) is 17.7 Å². The Morgan fingerprint density at radius 1 is 1.00 bits per heavy atom. The molecule has 0 spiro atoms. The lowest BCUT2D eigenvalue weighted by Crippen LogP contribution is -1.86. The van der Waals surface area contributed by atoms with Gasteiger partial charge in [-0.1, -0.05) is 36.4 Å². The highest BCUT2D eigenvalue weighted by Crippen LogP contribution is 2.31. The molecule has 18 heavy (non-hydrogen) atoms. The Hall–Kier alpha value is -2.22. The predicted molar refractivity (Wildman–Crippen MR) is 71.2 cm³/mol. The number of benzene rings is 1. The molecule has 2 aromatic rings. The molecule has 1 heterocycles. The second-order valence-corrected chi connectivity index (χ2v) is 4.26. The van der Waals surface area contributed by atoms with Gasteiger partial charge >= 0.3 is 0 Å². The molecule has 0 aliphatic heterocycles. The zero-order valence-corrected chi connectivity index (χ0v) is 9.81. The van der Waals surface area contributed by atoms with E-state index in [1.165, 1.54) is 23.4 Å².